The van der Waals surface area contributed by atoms with Crippen LogP contribution < -0.4 is 4.74 Å². The number of hydrogen-bond donors (Lipinski definition) is 2. The minimum atomic E-state index is -1.06. The summed E-state index contributed by atoms with van der Waals surface area (Å²) in [6.45, 7) is -0.170. The summed E-state index contributed by atoms with van der Waals surface area (Å²) in [7, 11) is 1.39. The van der Waals surface area contributed by atoms with E-state index in [0.717, 1.165) is 0 Å². The number of halogens is 1. The van der Waals surface area contributed by atoms with Gasteiger partial charge in [0.1, 0.15) is 11.3 Å². The van der Waals surface area contributed by atoms with Crippen molar-refractivity contribution in [1.29, 1.82) is 0 Å². The minimum absolute atomic E-state index is 0.0663. The molecular formula is C9H9BrO4. The molecule has 2 N–H and O–H groups in total. The van der Waals surface area contributed by atoms with Gasteiger partial charge < -0.3 is 14.9 Å². The molecular weight excluding hydrogens is 252 g/mol. The van der Waals surface area contributed by atoms with Gasteiger partial charge in [0, 0.05) is 4.47 Å². The van der Waals surface area contributed by atoms with E-state index >= 15 is 0 Å². The number of hydrogen-bond acceptors (Lipinski definition) is 3. The van der Waals surface area contributed by atoms with Gasteiger partial charge in [0.2, 0.25) is 0 Å². The van der Waals surface area contributed by atoms with Gasteiger partial charge in [0.25, 0.3) is 0 Å². The number of carbonyl (C=O) groups is 1. The second-order valence-electron chi connectivity index (χ2n) is 2.61. The van der Waals surface area contributed by atoms with E-state index in [1.165, 1.54) is 19.2 Å². The van der Waals surface area contributed by atoms with Crippen LogP contribution in [0.3, 0.4) is 0 Å². The Bertz CT molecular complexity index is 362. The maximum absolute atomic E-state index is 10.8. The maximum atomic E-state index is 10.8. The quantitative estimate of drug-likeness (QED) is 0.868. The van der Waals surface area contributed by atoms with Crippen molar-refractivity contribution in [3.63, 3.8) is 0 Å². The third kappa shape index (κ3) is 2.05. The van der Waals surface area contributed by atoms with Crippen molar-refractivity contribution in [3.8, 4) is 5.75 Å². The summed E-state index contributed by atoms with van der Waals surface area (Å²) in [6.07, 6.45) is 0. The summed E-state index contributed by atoms with van der Waals surface area (Å²) in [4.78, 5) is 10.8. The monoisotopic (exact) mass is 260 g/mol. The Labute approximate surface area is 89.3 Å². The van der Waals surface area contributed by atoms with E-state index in [1.54, 1.807) is 0 Å². The average molecular weight is 261 g/mol. The molecule has 0 bridgehead atoms. The standard InChI is InChI=1S/C9H9BrO4/c1-14-8-2-5(4-11)7(10)3-6(8)9(12)13/h2-3,11H,4H2,1H3,(H,12,13). The number of carboxylic acid groups (broad SMARTS) is 1. The second-order valence-corrected chi connectivity index (χ2v) is 3.46. The Morgan fingerprint density at radius 2 is 2.21 bits per heavy atom. The van der Waals surface area contributed by atoms with E-state index in [-0.39, 0.29) is 17.9 Å². The molecule has 0 fully saturated rings. The molecule has 0 saturated heterocycles. The fourth-order valence-corrected chi connectivity index (χ4v) is 1.52. The van der Waals surface area contributed by atoms with Gasteiger partial charge in [-0.05, 0) is 17.7 Å². The number of methoxy groups -OCH3 is 1. The van der Waals surface area contributed by atoms with Gasteiger partial charge in [0.15, 0.2) is 0 Å². The first-order valence-corrected chi connectivity index (χ1v) is 4.60. The van der Waals surface area contributed by atoms with Gasteiger partial charge in [-0.25, -0.2) is 4.79 Å². The number of carboxylic acids is 1. The molecule has 0 unspecified atom stereocenters. The van der Waals surface area contributed by atoms with E-state index in [4.69, 9.17) is 14.9 Å². The minimum Gasteiger partial charge on any atom is -0.496 e. The molecule has 0 amide bonds. The van der Waals surface area contributed by atoms with Gasteiger partial charge in [-0.2, -0.15) is 0 Å². The van der Waals surface area contributed by atoms with Gasteiger partial charge in [-0.15, -0.1) is 0 Å². The highest BCUT2D eigenvalue weighted by atomic mass is 79.9. The number of benzene rings is 1. The number of rotatable bonds is 3. The van der Waals surface area contributed by atoms with Crippen LogP contribution in [-0.2, 0) is 6.61 Å². The lowest BCUT2D eigenvalue weighted by Crippen LogP contribution is -2.02. The highest BCUT2D eigenvalue weighted by molar-refractivity contribution is 9.10. The molecule has 1 aromatic carbocycles. The zero-order valence-electron chi connectivity index (χ0n) is 7.45. The Balaban J connectivity index is 3.31. The fourth-order valence-electron chi connectivity index (χ4n) is 1.05. The van der Waals surface area contributed by atoms with Crippen LogP contribution in [-0.4, -0.2) is 23.3 Å². The molecule has 14 heavy (non-hydrogen) atoms. The lowest BCUT2D eigenvalue weighted by molar-refractivity contribution is 0.0693. The van der Waals surface area contributed by atoms with E-state index in [1.807, 2.05) is 0 Å². The maximum Gasteiger partial charge on any atom is 0.339 e. The van der Waals surface area contributed by atoms with E-state index in [0.29, 0.717) is 10.0 Å². The molecule has 1 rings (SSSR count). The van der Waals surface area contributed by atoms with Gasteiger partial charge in [0.05, 0.1) is 13.7 Å². The SMILES string of the molecule is COc1cc(CO)c(Br)cc1C(=O)O. The molecule has 1 aromatic rings. The van der Waals surface area contributed by atoms with Gasteiger partial charge in [-0.3, -0.25) is 0 Å². The fraction of sp³-hybridized carbons (Fsp3) is 0.222. The Morgan fingerprint density at radius 3 is 2.64 bits per heavy atom. The first kappa shape index (κ1) is 11.0. The first-order valence-electron chi connectivity index (χ1n) is 3.80. The van der Waals surface area contributed by atoms with Gasteiger partial charge in [-0.1, -0.05) is 15.9 Å². The topological polar surface area (TPSA) is 66.8 Å². The van der Waals surface area contributed by atoms with Crippen LogP contribution in [0.1, 0.15) is 15.9 Å². The number of ether oxygens (including phenoxy) is 1. The molecule has 76 valence electrons. The molecule has 0 aliphatic carbocycles. The zero-order chi connectivity index (χ0) is 10.7. The number of aliphatic hydroxyl groups excluding tert-OH is 1. The lowest BCUT2D eigenvalue weighted by atomic mass is 10.1. The summed E-state index contributed by atoms with van der Waals surface area (Å²) >= 11 is 3.16. The lowest BCUT2D eigenvalue weighted by Gasteiger charge is -2.08. The first-order chi connectivity index (χ1) is 6.60. The van der Waals surface area contributed by atoms with Crippen LogP contribution in [0.15, 0.2) is 16.6 Å². The molecule has 0 aliphatic heterocycles. The molecule has 5 heteroatoms. The molecule has 0 atom stereocenters. The average Bonchev–Trinajstić information content (AvgIpc) is 2.17. The Morgan fingerprint density at radius 1 is 1.57 bits per heavy atom. The van der Waals surface area contributed by atoms with E-state index in [9.17, 15) is 4.79 Å². The zero-order valence-corrected chi connectivity index (χ0v) is 9.04. The largest absolute Gasteiger partial charge is 0.496 e. The van der Waals surface area contributed by atoms with Crippen LogP contribution in [0.5, 0.6) is 5.75 Å². The van der Waals surface area contributed by atoms with Crippen molar-refractivity contribution >= 4 is 21.9 Å². The molecule has 0 spiro atoms. The predicted molar refractivity (Wildman–Crippen MR) is 53.6 cm³/mol. The summed E-state index contributed by atoms with van der Waals surface area (Å²) in [5.74, 6) is -0.822. The normalized spacial score (nSPS) is 9.93. The molecule has 0 saturated carbocycles. The van der Waals surface area contributed by atoms with E-state index in [2.05, 4.69) is 15.9 Å². The van der Waals surface area contributed by atoms with Crippen molar-refractivity contribution in [3.05, 3.63) is 27.7 Å². The van der Waals surface area contributed by atoms with E-state index < -0.39 is 5.97 Å². The van der Waals surface area contributed by atoms with Crippen molar-refractivity contribution < 1.29 is 19.7 Å². The third-order valence-electron chi connectivity index (χ3n) is 1.77. The highest BCUT2D eigenvalue weighted by Crippen LogP contribution is 2.27. The van der Waals surface area contributed by atoms with Gasteiger partial charge >= 0.3 is 5.97 Å². The summed E-state index contributed by atoms with van der Waals surface area (Å²) < 4.78 is 5.45. The molecule has 0 aliphatic rings. The number of aromatic carboxylic acids is 1. The van der Waals surface area contributed by atoms with Crippen molar-refractivity contribution in [2.75, 3.05) is 7.11 Å². The molecule has 4 nitrogen and oxygen atoms in total. The van der Waals surface area contributed by atoms with Crippen LogP contribution in [0, 0.1) is 0 Å². The summed E-state index contributed by atoms with van der Waals surface area (Å²) in [5.41, 5.74) is 0.656. The summed E-state index contributed by atoms with van der Waals surface area (Å²) in [6, 6.07) is 2.90. The molecule has 0 radical (unpaired) electrons. The van der Waals surface area contributed by atoms with Crippen LogP contribution >= 0.6 is 15.9 Å². The Hall–Kier alpha value is -1.07. The Kier molecular flexibility index (Phi) is 3.49. The smallest absolute Gasteiger partial charge is 0.339 e. The molecule has 0 aromatic heterocycles. The second kappa shape index (κ2) is 4.43. The summed E-state index contributed by atoms with van der Waals surface area (Å²) in [5, 5.41) is 17.8. The van der Waals surface area contributed by atoms with Crippen molar-refractivity contribution in [2.45, 2.75) is 6.61 Å². The van der Waals surface area contributed by atoms with Crippen LogP contribution in [0.4, 0.5) is 0 Å². The molecule has 0 heterocycles. The predicted octanol–water partition coefficient (Wildman–Crippen LogP) is 1.65. The van der Waals surface area contributed by atoms with Crippen LogP contribution in [0.25, 0.3) is 0 Å². The van der Waals surface area contributed by atoms with Crippen molar-refractivity contribution in [1.82, 2.24) is 0 Å². The van der Waals surface area contributed by atoms with Crippen LogP contribution in [0.2, 0.25) is 0 Å². The third-order valence-corrected chi connectivity index (χ3v) is 2.51. The van der Waals surface area contributed by atoms with Crippen molar-refractivity contribution in [2.24, 2.45) is 0 Å². The number of aliphatic hydroxyl groups is 1. The highest BCUT2D eigenvalue weighted by Gasteiger charge is 2.13.